The molecular weight excluding hydrogens is 348 g/mol. The van der Waals surface area contributed by atoms with Crippen LogP contribution >= 0.6 is 11.6 Å². The molecule has 2 aromatic carbocycles. The Morgan fingerprint density at radius 1 is 1.12 bits per heavy atom. The van der Waals surface area contributed by atoms with Gasteiger partial charge in [0.1, 0.15) is 11.6 Å². The van der Waals surface area contributed by atoms with Crippen molar-refractivity contribution in [3.05, 3.63) is 59.1 Å². The molecule has 0 aromatic heterocycles. The predicted molar refractivity (Wildman–Crippen MR) is 94.2 cm³/mol. The fourth-order valence-corrected chi connectivity index (χ4v) is 3.10. The van der Waals surface area contributed by atoms with Crippen LogP contribution in [0.2, 0.25) is 5.02 Å². The number of piperazine rings is 1. The number of amides is 1. The minimum absolute atomic E-state index is 0.0157. The first-order valence-electron chi connectivity index (χ1n) is 8.10. The molecule has 0 atom stereocenters. The number of carbonyl (C=O) groups is 1. The van der Waals surface area contributed by atoms with E-state index < -0.39 is 5.82 Å². The van der Waals surface area contributed by atoms with Gasteiger partial charge in [0.2, 0.25) is 0 Å². The highest BCUT2D eigenvalue weighted by Crippen LogP contribution is 2.19. The summed E-state index contributed by atoms with van der Waals surface area (Å²) in [4.78, 5) is 15.5. The molecule has 1 saturated heterocycles. The van der Waals surface area contributed by atoms with Crippen molar-refractivity contribution in [2.75, 3.05) is 42.9 Å². The molecule has 0 unspecified atom stereocenters. The van der Waals surface area contributed by atoms with E-state index in [1.165, 1.54) is 35.2 Å². The number of nitrogens with one attached hydrogen (secondary N) is 2. The van der Waals surface area contributed by atoms with E-state index in [1.807, 2.05) is 0 Å². The van der Waals surface area contributed by atoms with Crippen LogP contribution in [0.3, 0.4) is 0 Å². The van der Waals surface area contributed by atoms with Gasteiger partial charge in [-0.3, -0.25) is 4.79 Å². The van der Waals surface area contributed by atoms with Crippen molar-refractivity contribution in [2.24, 2.45) is 0 Å². The van der Waals surface area contributed by atoms with Gasteiger partial charge in [-0.1, -0.05) is 11.6 Å². The SMILES string of the molecule is O=C(C[NH+]1CCN(c2ccc(F)cc2)CC1)Nc1ccc(F)c(Cl)c1. The number of hydrogen-bond donors (Lipinski definition) is 2. The highest BCUT2D eigenvalue weighted by Gasteiger charge is 2.22. The molecular formula is C18H19ClF2N3O+. The molecule has 0 spiro atoms. The van der Waals surface area contributed by atoms with Crippen LogP contribution in [-0.2, 0) is 4.79 Å². The second-order valence-corrected chi connectivity index (χ2v) is 6.47. The van der Waals surface area contributed by atoms with Gasteiger partial charge in [-0.05, 0) is 42.5 Å². The summed E-state index contributed by atoms with van der Waals surface area (Å²) in [6, 6.07) is 10.6. The van der Waals surface area contributed by atoms with Crippen LogP contribution < -0.4 is 15.1 Å². The maximum Gasteiger partial charge on any atom is 0.279 e. The Labute approximate surface area is 150 Å². The largest absolute Gasteiger partial charge is 0.360 e. The van der Waals surface area contributed by atoms with Crippen molar-refractivity contribution in [1.29, 1.82) is 0 Å². The van der Waals surface area contributed by atoms with E-state index in [0.29, 0.717) is 12.2 Å². The molecule has 1 aliphatic heterocycles. The summed E-state index contributed by atoms with van der Waals surface area (Å²) < 4.78 is 26.1. The normalized spacial score (nSPS) is 15.2. The van der Waals surface area contributed by atoms with Crippen LogP contribution in [0.4, 0.5) is 20.2 Å². The zero-order chi connectivity index (χ0) is 17.8. The summed E-state index contributed by atoms with van der Waals surface area (Å²) in [5, 5.41) is 2.72. The molecule has 2 N–H and O–H groups in total. The lowest BCUT2D eigenvalue weighted by Gasteiger charge is -2.33. The second-order valence-electron chi connectivity index (χ2n) is 6.07. The Balaban J connectivity index is 1.49. The molecule has 25 heavy (non-hydrogen) atoms. The average molecular weight is 367 g/mol. The average Bonchev–Trinajstić information content (AvgIpc) is 2.60. The first-order chi connectivity index (χ1) is 12.0. The van der Waals surface area contributed by atoms with Gasteiger partial charge in [0.25, 0.3) is 5.91 Å². The van der Waals surface area contributed by atoms with Crippen LogP contribution in [-0.4, -0.2) is 38.6 Å². The Kier molecular flexibility index (Phi) is 5.50. The monoisotopic (exact) mass is 366 g/mol. The number of quaternary nitrogens is 1. The van der Waals surface area contributed by atoms with Crippen LogP contribution in [0, 0.1) is 11.6 Å². The molecule has 0 radical (unpaired) electrons. The summed E-state index contributed by atoms with van der Waals surface area (Å²) in [5.74, 6) is -0.888. The van der Waals surface area contributed by atoms with E-state index in [-0.39, 0.29) is 16.7 Å². The molecule has 1 aliphatic rings. The third kappa shape index (κ3) is 4.67. The van der Waals surface area contributed by atoms with Crippen molar-refractivity contribution in [3.63, 3.8) is 0 Å². The van der Waals surface area contributed by atoms with Gasteiger partial charge < -0.3 is 15.1 Å². The summed E-state index contributed by atoms with van der Waals surface area (Å²) in [5.41, 5.74) is 1.48. The number of nitrogens with zero attached hydrogens (tertiary/aromatic N) is 1. The van der Waals surface area contributed by atoms with Gasteiger partial charge in [-0.25, -0.2) is 8.78 Å². The maximum atomic E-state index is 13.1. The lowest BCUT2D eigenvalue weighted by molar-refractivity contribution is -0.892. The molecule has 3 rings (SSSR count). The molecule has 1 fully saturated rings. The Bertz CT molecular complexity index is 746. The van der Waals surface area contributed by atoms with Crippen molar-refractivity contribution in [3.8, 4) is 0 Å². The van der Waals surface area contributed by atoms with Crippen molar-refractivity contribution in [2.45, 2.75) is 0 Å². The lowest BCUT2D eigenvalue weighted by Crippen LogP contribution is -3.15. The maximum absolute atomic E-state index is 13.1. The van der Waals surface area contributed by atoms with Gasteiger partial charge >= 0.3 is 0 Å². The smallest absolute Gasteiger partial charge is 0.279 e. The number of benzene rings is 2. The van der Waals surface area contributed by atoms with Gasteiger partial charge in [0.05, 0.1) is 31.2 Å². The van der Waals surface area contributed by atoms with Gasteiger partial charge in [-0.2, -0.15) is 0 Å². The predicted octanol–water partition coefficient (Wildman–Crippen LogP) is 1.96. The third-order valence-corrected chi connectivity index (χ3v) is 4.57. The van der Waals surface area contributed by atoms with E-state index in [1.54, 1.807) is 12.1 Å². The molecule has 0 aliphatic carbocycles. The summed E-state index contributed by atoms with van der Waals surface area (Å²) in [6.45, 7) is 3.57. The van der Waals surface area contributed by atoms with Crippen LogP contribution in [0.1, 0.15) is 0 Å². The summed E-state index contributed by atoms with van der Waals surface area (Å²) in [6.07, 6.45) is 0. The van der Waals surface area contributed by atoms with E-state index in [4.69, 9.17) is 11.6 Å². The minimum Gasteiger partial charge on any atom is -0.360 e. The molecule has 1 heterocycles. The molecule has 7 heteroatoms. The first kappa shape index (κ1) is 17.6. The van der Waals surface area contributed by atoms with E-state index in [2.05, 4.69) is 10.2 Å². The minimum atomic E-state index is -0.512. The number of hydrogen-bond acceptors (Lipinski definition) is 2. The summed E-state index contributed by atoms with van der Waals surface area (Å²) >= 11 is 5.71. The molecule has 2 aromatic rings. The zero-order valence-corrected chi connectivity index (χ0v) is 14.3. The van der Waals surface area contributed by atoms with Crippen molar-refractivity contribution < 1.29 is 18.5 Å². The van der Waals surface area contributed by atoms with Crippen LogP contribution in [0.5, 0.6) is 0 Å². The molecule has 1 amide bonds. The molecule has 4 nitrogen and oxygen atoms in total. The van der Waals surface area contributed by atoms with Crippen LogP contribution in [0.15, 0.2) is 42.5 Å². The van der Waals surface area contributed by atoms with E-state index >= 15 is 0 Å². The fraction of sp³-hybridized carbons (Fsp3) is 0.278. The first-order valence-corrected chi connectivity index (χ1v) is 8.48. The third-order valence-electron chi connectivity index (χ3n) is 4.28. The highest BCUT2D eigenvalue weighted by atomic mass is 35.5. The van der Waals surface area contributed by atoms with Gasteiger partial charge in [-0.15, -0.1) is 0 Å². The van der Waals surface area contributed by atoms with Gasteiger partial charge in [0, 0.05) is 11.4 Å². The highest BCUT2D eigenvalue weighted by molar-refractivity contribution is 6.31. The number of carbonyl (C=O) groups excluding carboxylic acids is 1. The van der Waals surface area contributed by atoms with E-state index in [0.717, 1.165) is 31.9 Å². The van der Waals surface area contributed by atoms with Crippen molar-refractivity contribution in [1.82, 2.24) is 0 Å². The Hall–Kier alpha value is -2.18. The number of halogens is 3. The Morgan fingerprint density at radius 3 is 2.44 bits per heavy atom. The molecule has 132 valence electrons. The van der Waals surface area contributed by atoms with Gasteiger partial charge in [0.15, 0.2) is 6.54 Å². The Morgan fingerprint density at radius 2 is 1.80 bits per heavy atom. The fourth-order valence-electron chi connectivity index (χ4n) is 2.92. The second kappa shape index (κ2) is 7.80. The van der Waals surface area contributed by atoms with Crippen molar-refractivity contribution >= 4 is 28.9 Å². The number of anilines is 2. The van der Waals surface area contributed by atoms with Crippen LogP contribution in [0.25, 0.3) is 0 Å². The number of rotatable bonds is 4. The topological polar surface area (TPSA) is 36.8 Å². The zero-order valence-electron chi connectivity index (χ0n) is 13.6. The quantitative estimate of drug-likeness (QED) is 0.868. The lowest BCUT2D eigenvalue weighted by atomic mass is 10.2. The molecule has 0 bridgehead atoms. The van der Waals surface area contributed by atoms with E-state index in [9.17, 15) is 13.6 Å². The summed E-state index contributed by atoms with van der Waals surface area (Å²) in [7, 11) is 0. The molecule has 0 saturated carbocycles. The standard InChI is InChI=1S/C18H18ClF2N3O/c19-16-11-14(3-6-17(16)21)22-18(25)12-23-7-9-24(10-8-23)15-4-1-13(20)2-5-15/h1-6,11H,7-10,12H2,(H,22,25)/p+1.